The molecule has 2 aliphatic heterocycles. The number of hydrogen-bond acceptors (Lipinski definition) is 4. The van der Waals surface area contributed by atoms with Gasteiger partial charge in [0.05, 0.1) is 36.1 Å². The molecule has 7 heteroatoms. The van der Waals surface area contributed by atoms with Crippen molar-refractivity contribution >= 4 is 10.0 Å². The van der Waals surface area contributed by atoms with E-state index in [1.807, 2.05) is 24.4 Å². The number of fused-ring (bicyclic) bond motifs is 3. The summed E-state index contributed by atoms with van der Waals surface area (Å²) in [6.07, 6.45) is 2.91. The predicted molar refractivity (Wildman–Crippen MR) is 86.3 cm³/mol. The zero-order chi connectivity index (χ0) is 16.2. The number of hydrogen-bond donors (Lipinski definition) is 1. The third-order valence-corrected chi connectivity index (χ3v) is 6.80. The van der Waals surface area contributed by atoms with Crippen molar-refractivity contribution in [1.29, 1.82) is 0 Å². The van der Waals surface area contributed by atoms with E-state index in [0.717, 1.165) is 16.8 Å². The molecule has 2 aromatic rings. The molecule has 4 rings (SSSR count). The molecule has 1 aromatic carbocycles. The average molecular weight is 333 g/mol. The van der Waals surface area contributed by atoms with Crippen LogP contribution in [0.15, 0.2) is 36.8 Å². The van der Waals surface area contributed by atoms with Gasteiger partial charge in [-0.25, -0.2) is 13.4 Å². The van der Waals surface area contributed by atoms with Gasteiger partial charge in [-0.15, -0.1) is 0 Å². The Kier molecular flexibility index (Phi) is 3.33. The Balaban J connectivity index is 1.75. The Morgan fingerprint density at radius 3 is 2.87 bits per heavy atom. The SMILES string of the molecule is CCS(=O)(=O)N1CC(O)C(C2c3ccccc3-c3cncn32)C1. The summed E-state index contributed by atoms with van der Waals surface area (Å²) in [7, 11) is -3.29. The van der Waals surface area contributed by atoms with Crippen LogP contribution in [0.3, 0.4) is 0 Å². The van der Waals surface area contributed by atoms with Crippen LogP contribution >= 0.6 is 0 Å². The second-order valence-corrected chi connectivity index (χ2v) is 8.42. The second kappa shape index (κ2) is 5.15. The van der Waals surface area contributed by atoms with E-state index in [-0.39, 0.29) is 24.3 Å². The van der Waals surface area contributed by atoms with E-state index in [4.69, 9.17) is 0 Å². The molecule has 0 bridgehead atoms. The number of sulfonamides is 1. The number of nitrogens with zero attached hydrogens (tertiary/aromatic N) is 3. The van der Waals surface area contributed by atoms with Gasteiger partial charge in [-0.3, -0.25) is 0 Å². The maximum Gasteiger partial charge on any atom is 0.213 e. The van der Waals surface area contributed by atoms with Crippen molar-refractivity contribution in [3.63, 3.8) is 0 Å². The molecule has 1 fully saturated rings. The highest BCUT2D eigenvalue weighted by atomic mass is 32.2. The molecule has 6 nitrogen and oxygen atoms in total. The standard InChI is InChI=1S/C16H19N3O3S/c1-2-23(21,22)18-8-13(15(20)9-18)16-12-6-4-3-5-11(12)14-7-17-10-19(14)16/h3-7,10,13,15-16,20H,2,8-9H2,1H3. The molecule has 0 amide bonds. The molecule has 23 heavy (non-hydrogen) atoms. The molecule has 3 heterocycles. The van der Waals surface area contributed by atoms with Gasteiger partial charge in [-0.05, 0) is 12.5 Å². The molecule has 0 radical (unpaired) electrons. The maximum atomic E-state index is 12.1. The number of β-amino-alcohol motifs (C(OH)–C–C–N with tert-alkyl or cyclic N) is 1. The van der Waals surface area contributed by atoms with Crippen LogP contribution < -0.4 is 0 Å². The van der Waals surface area contributed by atoms with Gasteiger partial charge >= 0.3 is 0 Å². The number of aliphatic hydroxyl groups excluding tert-OH is 1. The number of rotatable bonds is 3. The Bertz CT molecular complexity index is 846. The minimum atomic E-state index is -3.29. The fourth-order valence-electron chi connectivity index (χ4n) is 3.81. The van der Waals surface area contributed by atoms with E-state index in [0.29, 0.717) is 6.54 Å². The largest absolute Gasteiger partial charge is 0.391 e. The molecule has 122 valence electrons. The lowest BCUT2D eigenvalue weighted by atomic mass is 9.90. The molecule has 1 saturated heterocycles. The molecule has 1 aromatic heterocycles. The van der Waals surface area contributed by atoms with E-state index < -0.39 is 16.1 Å². The van der Waals surface area contributed by atoms with Crippen LogP contribution in [0.2, 0.25) is 0 Å². The summed E-state index contributed by atoms with van der Waals surface area (Å²) < 4.78 is 27.8. The molecule has 0 saturated carbocycles. The van der Waals surface area contributed by atoms with Gasteiger partial charge in [0.2, 0.25) is 10.0 Å². The van der Waals surface area contributed by atoms with Crippen LogP contribution in [-0.2, 0) is 10.0 Å². The molecular weight excluding hydrogens is 314 g/mol. The number of aromatic nitrogens is 2. The first-order valence-corrected chi connectivity index (χ1v) is 9.41. The number of benzene rings is 1. The van der Waals surface area contributed by atoms with Crippen molar-refractivity contribution in [1.82, 2.24) is 13.9 Å². The zero-order valence-corrected chi connectivity index (χ0v) is 13.6. The highest BCUT2D eigenvalue weighted by Crippen LogP contribution is 2.45. The maximum absolute atomic E-state index is 12.1. The summed E-state index contributed by atoms with van der Waals surface area (Å²) in [5.74, 6) is -0.114. The van der Waals surface area contributed by atoms with Crippen LogP contribution in [0.4, 0.5) is 0 Å². The van der Waals surface area contributed by atoms with Gasteiger partial charge in [0.1, 0.15) is 0 Å². The summed E-state index contributed by atoms with van der Waals surface area (Å²) in [4.78, 5) is 4.22. The monoisotopic (exact) mass is 333 g/mol. The number of imidazole rings is 1. The summed E-state index contributed by atoms with van der Waals surface area (Å²) in [6, 6.07) is 7.99. The first-order valence-electron chi connectivity index (χ1n) is 7.80. The Morgan fingerprint density at radius 2 is 2.09 bits per heavy atom. The highest BCUT2D eigenvalue weighted by molar-refractivity contribution is 7.89. The third kappa shape index (κ3) is 2.14. The normalized spacial score (nSPS) is 27.1. The quantitative estimate of drug-likeness (QED) is 0.912. The van der Waals surface area contributed by atoms with Crippen molar-refractivity contribution in [2.24, 2.45) is 5.92 Å². The molecule has 0 spiro atoms. The van der Waals surface area contributed by atoms with Gasteiger partial charge in [-0.1, -0.05) is 24.3 Å². The smallest absolute Gasteiger partial charge is 0.213 e. The fourth-order valence-corrected chi connectivity index (χ4v) is 4.95. The van der Waals surface area contributed by atoms with Crippen molar-refractivity contribution in [3.05, 3.63) is 42.4 Å². The van der Waals surface area contributed by atoms with Gasteiger partial charge < -0.3 is 9.67 Å². The lowest BCUT2D eigenvalue weighted by Gasteiger charge is -2.24. The van der Waals surface area contributed by atoms with Crippen molar-refractivity contribution in [2.75, 3.05) is 18.8 Å². The van der Waals surface area contributed by atoms with Gasteiger partial charge in [0, 0.05) is 24.6 Å². The molecule has 3 unspecified atom stereocenters. The summed E-state index contributed by atoms with van der Waals surface area (Å²) >= 11 is 0. The van der Waals surface area contributed by atoms with Crippen LogP contribution in [-0.4, -0.2) is 52.3 Å². The summed E-state index contributed by atoms with van der Waals surface area (Å²) in [6.45, 7) is 2.14. The Labute approximate surface area is 135 Å². The van der Waals surface area contributed by atoms with Crippen LogP contribution in [0.25, 0.3) is 11.3 Å². The topological polar surface area (TPSA) is 75.4 Å². The molecule has 3 atom stereocenters. The first kappa shape index (κ1) is 14.9. The van der Waals surface area contributed by atoms with Crippen molar-refractivity contribution in [2.45, 2.75) is 19.1 Å². The van der Waals surface area contributed by atoms with E-state index in [2.05, 4.69) is 15.6 Å². The molecule has 1 N–H and O–H groups in total. The van der Waals surface area contributed by atoms with E-state index in [1.165, 1.54) is 4.31 Å². The molecular formula is C16H19N3O3S. The van der Waals surface area contributed by atoms with Crippen LogP contribution in [0.5, 0.6) is 0 Å². The predicted octanol–water partition coefficient (Wildman–Crippen LogP) is 1.10. The highest BCUT2D eigenvalue weighted by Gasteiger charge is 2.45. The second-order valence-electron chi connectivity index (χ2n) is 6.17. The van der Waals surface area contributed by atoms with E-state index in [1.54, 1.807) is 13.3 Å². The van der Waals surface area contributed by atoms with Gasteiger partial charge in [0.25, 0.3) is 0 Å². The van der Waals surface area contributed by atoms with E-state index in [9.17, 15) is 13.5 Å². The first-order chi connectivity index (χ1) is 11.0. The minimum Gasteiger partial charge on any atom is -0.391 e. The zero-order valence-electron chi connectivity index (χ0n) is 12.8. The Hall–Kier alpha value is -1.70. The fraction of sp³-hybridized carbons (Fsp3) is 0.438. The van der Waals surface area contributed by atoms with Gasteiger partial charge in [0.15, 0.2) is 0 Å². The third-order valence-electron chi connectivity index (χ3n) is 4.98. The van der Waals surface area contributed by atoms with Crippen molar-refractivity contribution in [3.8, 4) is 11.3 Å². The van der Waals surface area contributed by atoms with E-state index >= 15 is 0 Å². The average Bonchev–Trinajstić information content (AvgIpc) is 3.22. The summed E-state index contributed by atoms with van der Waals surface area (Å²) in [5.41, 5.74) is 3.26. The lowest BCUT2D eigenvalue weighted by Crippen LogP contribution is -2.31. The van der Waals surface area contributed by atoms with Crippen LogP contribution in [0.1, 0.15) is 18.5 Å². The molecule has 2 aliphatic rings. The van der Waals surface area contributed by atoms with Gasteiger partial charge in [-0.2, -0.15) is 4.31 Å². The molecule has 0 aliphatic carbocycles. The van der Waals surface area contributed by atoms with Crippen molar-refractivity contribution < 1.29 is 13.5 Å². The lowest BCUT2D eigenvalue weighted by molar-refractivity contribution is 0.126. The summed E-state index contributed by atoms with van der Waals surface area (Å²) in [5, 5.41) is 10.5. The van der Waals surface area contributed by atoms with Crippen LogP contribution in [0, 0.1) is 5.92 Å². The number of aliphatic hydroxyl groups is 1. The Morgan fingerprint density at radius 1 is 1.30 bits per heavy atom. The minimum absolute atomic E-state index is 0.0595.